The first-order chi connectivity index (χ1) is 7.81. The molecule has 16 heavy (non-hydrogen) atoms. The van der Waals surface area contributed by atoms with E-state index < -0.39 is 0 Å². The molecule has 88 valence electrons. The van der Waals surface area contributed by atoms with Crippen LogP contribution >= 0.6 is 0 Å². The molecule has 2 fully saturated rings. The van der Waals surface area contributed by atoms with E-state index in [0.717, 1.165) is 18.7 Å². The van der Waals surface area contributed by atoms with Crippen molar-refractivity contribution in [3.05, 3.63) is 11.5 Å². The van der Waals surface area contributed by atoms with Crippen molar-refractivity contribution in [2.45, 2.75) is 63.8 Å². The van der Waals surface area contributed by atoms with Crippen LogP contribution in [0.4, 0.5) is 5.82 Å². The molecule has 1 heterocycles. The summed E-state index contributed by atoms with van der Waals surface area (Å²) in [4.78, 5) is 4.82. The molecular formula is C13H21N3. The predicted octanol–water partition coefficient (Wildman–Crippen LogP) is 3.02. The SMILES string of the molecule is CCCc1nc(C2CCC2)c(N)n1C1CC1. The Morgan fingerprint density at radius 1 is 1.31 bits per heavy atom. The Labute approximate surface area is 97.0 Å². The van der Waals surface area contributed by atoms with Crippen molar-refractivity contribution in [2.24, 2.45) is 0 Å². The third kappa shape index (κ3) is 1.53. The first-order valence-electron chi connectivity index (χ1n) is 6.67. The van der Waals surface area contributed by atoms with Crippen LogP contribution < -0.4 is 5.73 Å². The lowest BCUT2D eigenvalue weighted by molar-refractivity contribution is 0.413. The maximum absolute atomic E-state index is 6.29. The number of nitrogens with two attached hydrogens (primary N) is 1. The predicted molar refractivity (Wildman–Crippen MR) is 65.5 cm³/mol. The molecule has 2 aliphatic rings. The number of imidazole rings is 1. The molecule has 2 saturated carbocycles. The largest absolute Gasteiger partial charge is 0.384 e. The van der Waals surface area contributed by atoms with Gasteiger partial charge in [-0.05, 0) is 32.1 Å². The van der Waals surface area contributed by atoms with Gasteiger partial charge in [0.2, 0.25) is 0 Å². The number of nitrogens with zero attached hydrogens (tertiary/aromatic N) is 2. The van der Waals surface area contributed by atoms with Gasteiger partial charge in [0.25, 0.3) is 0 Å². The Balaban J connectivity index is 1.95. The highest BCUT2D eigenvalue weighted by Crippen LogP contribution is 2.44. The molecule has 0 aromatic carbocycles. The normalized spacial score (nSPS) is 21.1. The Kier molecular flexibility index (Phi) is 2.41. The number of aromatic nitrogens is 2. The molecule has 3 rings (SSSR count). The lowest BCUT2D eigenvalue weighted by Crippen LogP contribution is -2.12. The highest BCUT2D eigenvalue weighted by Gasteiger charge is 2.32. The molecular weight excluding hydrogens is 198 g/mol. The van der Waals surface area contributed by atoms with Crippen LogP contribution in [-0.2, 0) is 6.42 Å². The van der Waals surface area contributed by atoms with Crippen molar-refractivity contribution in [3.8, 4) is 0 Å². The molecule has 3 nitrogen and oxygen atoms in total. The van der Waals surface area contributed by atoms with Crippen LogP contribution in [-0.4, -0.2) is 9.55 Å². The highest BCUT2D eigenvalue weighted by atomic mass is 15.2. The van der Waals surface area contributed by atoms with Crippen LogP contribution in [0.3, 0.4) is 0 Å². The maximum atomic E-state index is 6.29. The quantitative estimate of drug-likeness (QED) is 0.846. The van der Waals surface area contributed by atoms with Crippen molar-refractivity contribution >= 4 is 5.82 Å². The molecule has 0 bridgehead atoms. The molecule has 2 aliphatic carbocycles. The van der Waals surface area contributed by atoms with Crippen molar-refractivity contribution in [3.63, 3.8) is 0 Å². The minimum absolute atomic E-state index is 0.663. The molecule has 1 aromatic rings. The fraction of sp³-hybridized carbons (Fsp3) is 0.769. The highest BCUT2D eigenvalue weighted by molar-refractivity contribution is 5.42. The number of hydrogen-bond donors (Lipinski definition) is 1. The van der Waals surface area contributed by atoms with Crippen LogP contribution in [0.15, 0.2) is 0 Å². The van der Waals surface area contributed by atoms with E-state index in [0.29, 0.717) is 12.0 Å². The first-order valence-corrected chi connectivity index (χ1v) is 6.67. The third-order valence-corrected chi connectivity index (χ3v) is 3.93. The Hall–Kier alpha value is -0.990. The lowest BCUT2D eigenvalue weighted by atomic mass is 9.83. The van der Waals surface area contributed by atoms with Crippen molar-refractivity contribution in [1.29, 1.82) is 0 Å². The van der Waals surface area contributed by atoms with E-state index in [1.165, 1.54) is 43.6 Å². The Bertz CT molecular complexity index is 386. The number of nitrogen functional groups attached to an aromatic ring is 1. The fourth-order valence-corrected chi connectivity index (χ4v) is 2.63. The second-order valence-electron chi connectivity index (χ2n) is 5.28. The van der Waals surface area contributed by atoms with Crippen LogP contribution in [0.1, 0.15) is 68.9 Å². The number of hydrogen-bond acceptors (Lipinski definition) is 2. The minimum Gasteiger partial charge on any atom is -0.384 e. The minimum atomic E-state index is 0.663. The molecule has 1 aromatic heterocycles. The molecule has 0 spiro atoms. The molecule has 0 aliphatic heterocycles. The summed E-state index contributed by atoms with van der Waals surface area (Å²) in [6, 6.07) is 0.669. The summed E-state index contributed by atoms with van der Waals surface area (Å²) in [5.74, 6) is 2.88. The average Bonchev–Trinajstić information content (AvgIpc) is 2.94. The summed E-state index contributed by atoms with van der Waals surface area (Å²) in [5, 5.41) is 0. The fourth-order valence-electron chi connectivity index (χ4n) is 2.63. The Morgan fingerprint density at radius 2 is 2.06 bits per heavy atom. The zero-order valence-corrected chi connectivity index (χ0v) is 10.1. The van der Waals surface area contributed by atoms with Crippen LogP contribution in [0.2, 0.25) is 0 Å². The van der Waals surface area contributed by atoms with E-state index in [9.17, 15) is 0 Å². The zero-order valence-electron chi connectivity index (χ0n) is 10.1. The van der Waals surface area contributed by atoms with Gasteiger partial charge >= 0.3 is 0 Å². The summed E-state index contributed by atoms with van der Waals surface area (Å²) in [7, 11) is 0. The van der Waals surface area contributed by atoms with Crippen molar-refractivity contribution in [2.75, 3.05) is 5.73 Å². The molecule has 0 saturated heterocycles. The summed E-state index contributed by atoms with van der Waals surface area (Å²) in [6.45, 7) is 2.21. The van der Waals surface area contributed by atoms with E-state index >= 15 is 0 Å². The van der Waals surface area contributed by atoms with E-state index in [-0.39, 0.29) is 0 Å². The molecule has 0 radical (unpaired) electrons. The molecule has 2 N–H and O–H groups in total. The van der Waals surface area contributed by atoms with Crippen LogP contribution in [0, 0.1) is 0 Å². The van der Waals surface area contributed by atoms with Gasteiger partial charge in [-0.1, -0.05) is 13.3 Å². The lowest BCUT2D eigenvalue weighted by Gasteiger charge is -2.24. The summed E-state index contributed by atoms with van der Waals surface area (Å²) < 4.78 is 2.33. The van der Waals surface area contributed by atoms with Gasteiger partial charge in [-0.3, -0.25) is 0 Å². The zero-order chi connectivity index (χ0) is 11.1. The Morgan fingerprint density at radius 3 is 2.56 bits per heavy atom. The molecule has 0 amide bonds. The average molecular weight is 219 g/mol. The van der Waals surface area contributed by atoms with E-state index in [4.69, 9.17) is 10.7 Å². The van der Waals surface area contributed by atoms with Crippen molar-refractivity contribution < 1.29 is 0 Å². The van der Waals surface area contributed by atoms with E-state index in [1.807, 2.05) is 0 Å². The van der Waals surface area contributed by atoms with Gasteiger partial charge in [-0.2, -0.15) is 0 Å². The standard InChI is InChI=1S/C13H21N3/c1-2-4-11-15-12(9-5-3-6-9)13(14)16(11)10-7-8-10/h9-10H,2-8,14H2,1H3. The maximum Gasteiger partial charge on any atom is 0.127 e. The monoisotopic (exact) mass is 219 g/mol. The number of anilines is 1. The van der Waals surface area contributed by atoms with Gasteiger partial charge in [-0.15, -0.1) is 0 Å². The van der Waals surface area contributed by atoms with E-state index in [1.54, 1.807) is 0 Å². The molecule has 0 unspecified atom stereocenters. The summed E-state index contributed by atoms with van der Waals surface area (Å²) in [6.07, 6.45) is 8.75. The first kappa shape index (κ1) is 10.2. The number of aryl methyl sites for hydroxylation is 1. The van der Waals surface area contributed by atoms with Gasteiger partial charge in [-0.25, -0.2) is 4.98 Å². The molecule has 3 heteroatoms. The van der Waals surface area contributed by atoms with Crippen molar-refractivity contribution in [1.82, 2.24) is 9.55 Å². The van der Waals surface area contributed by atoms with Crippen LogP contribution in [0.5, 0.6) is 0 Å². The summed E-state index contributed by atoms with van der Waals surface area (Å²) in [5.41, 5.74) is 7.50. The third-order valence-electron chi connectivity index (χ3n) is 3.93. The topological polar surface area (TPSA) is 43.8 Å². The number of rotatable bonds is 4. The summed E-state index contributed by atoms with van der Waals surface area (Å²) >= 11 is 0. The smallest absolute Gasteiger partial charge is 0.127 e. The van der Waals surface area contributed by atoms with Crippen LogP contribution in [0.25, 0.3) is 0 Å². The van der Waals surface area contributed by atoms with Gasteiger partial charge in [0.05, 0.1) is 5.69 Å². The van der Waals surface area contributed by atoms with Gasteiger partial charge in [0.1, 0.15) is 11.6 Å². The second-order valence-corrected chi connectivity index (χ2v) is 5.28. The second kappa shape index (κ2) is 3.79. The van der Waals surface area contributed by atoms with Gasteiger partial charge < -0.3 is 10.3 Å². The molecule has 0 atom stereocenters. The van der Waals surface area contributed by atoms with E-state index in [2.05, 4.69) is 11.5 Å². The van der Waals surface area contributed by atoms with Gasteiger partial charge in [0, 0.05) is 18.4 Å². The van der Waals surface area contributed by atoms with Gasteiger partial charge in [0.15, 0.2) is 0 Å².